The number of ether oxygens (including phenoxy) is 1. The smallest absolute Gasteiger partial charge is 0.337 e. The predicted molar refractivity (Wildman–Crippen MR) is 111 cm³/mol. The number of hydrogen-bond donors (Lipinski definition) is 0. The van der Waals surface area contributed by atoms with Crippen LogP contribution in [0.4, 0.5) is 0 Å². The molecule has 1 heterocycles. The SMILES string of the molecule is CCCCCCCCCCCCOC(=O)C1=CC=CN(CCCC)C1Cl. The molecular weight excluding hydrogens is 346 g/mol. The number of carbonyl (C=O) groups excluding carboxylic acids is 1. The molecule has 0 aromatic heterocycles. The molecule has 1 aliphatic heterocycles. The van der Waals surface area contributed by atoms with Gasteiger partial charge in [0.05, 0.1) is 12.2 Å². The molecule has 0 saturated carbocycles. The maximum atomic E-state index is 12.3. The zero-order valence-corrected chi connectivity index (χ0v) is 17.6. The van der Waals surface area contributed by atoms with Gasteiger partial charge in [0.25, 0.3) is 0 Å². The summed E-state index contributed by atoms with van der Waals surface area (Å²) in [6, 6.07) is 0. The van der Waals surface area contributed by atoms with Crippen LogP contribution in [-0.2, 0) is 9.53 Å². The van der Waals surface area contributed by atoms with Crippen LogP contribution in [-0.4, -0.2) is 29.5 Å². The molecule has 150 valence electrons. The summed E-state index contributed by atoms with van der Waals surface area (Å²) in [5, 5.41) is 0. The number of carbonyl (C=O) groups is 1. The Labute approximate surface area is 165 Å². The zero-order chi connectivity index (χ0) is 19.0. The fourth-order valence-electron chi connectivity index (χ4n) is 3.12. The second-order valence-electron chi connectivity index (χ2n) is 7.21. The van der Waals surface area contributed by atoms with Gasteiger partial charge >= 0.3 is 5.97 Å². The van der Waals surface area contributed by atoms with Crippen molar-refractivity contribution < 1.29 is 9.53 Å². The number of esters is 1. The van der Waals surface area contributed by atoms with E-state index in [1.54, 1.807) is 6.08 Å². The first-order valence-corrected chi connectivity index (χ1v) is 11.1. The van der Waals surface area contributed by atoms with E-state index in [1.807, 2.05) is 17.2 Å². The van der Waals surface area contributed by atoms with Crippen LogP contribution in [0.3, 0.4) is 0 Å². The van der Waals surface area contributed by atoms with E-state index >= 15 is 0 Å². The average molecular weight is 384 g/mol. The number of halogens is 1. The molecule has 0 N–H and O–H groups in total. The Morgan fingerprint density at radius 1 is 0.962 bits per heavy atom. The third kappa shape index (κ3) is 9.66. The summed E-state index contributed by atoms with van der Waals surface area (Å²) in [6.45, 7) is 5.76. The molecule has 3 nitrogen and oxygen atoms in total. The monoisotopic (exact) mass is 383 g/mol. The van der Waals surface area contributed by atoms with E-state index in [-0.39, 0.29) is 5.97 Å². The summed E-state index contributed by atoms with van der Waals surface area (Å²) in [5.74, 6) is -0.272. The van der Waals surface area contributed by atoms with Crippen LogP contribution in [0.1, 0.15) is 90.9 Å². The highest BCUT2D eigenvalue weighted by atomic mass is 35.5. The Kier molecular flexibility index (Phi) is 13.4. The third-order valence-electron chi connectivity index (χ3n) is 4.84. The van der Waals surface area contributed by atoms with Crippen LogP contribution in [0.2, 0.25) is 0 Å². The van der Waals surface area contributed by atoms with Crippen molar-refractivity contribution in [1.29, 1.82) is 0 Å². The van der Waals surface area contributed by atoms with Gasteiger partial charge in [-0.25, -0.2) is 4.79 Å². The van der Waals surface area contributed by atoms with Crippen molar-refractivity contribution >= 4 is 17.6 Å². The van der Waals surface area contributed by atoms with E-state index in [0.717, 1.165) is 32.2 Å². The second-order valence-corrected chi connectivity index (χ2v) is 7.62. The highest BCUT2D eigenvalue weighted by molar-refractivity contribution is 6.25. The summed E-state index contributed by atoms with van der Waals surface area (Å²) in [5.41, 5.74) is 0.143. The number of nitrogens with zero attached hydrogens (tertiary/aromatic N) is 1. The summed E-state index contributed by atoms with van der Waals surface area (Å²) in [7, 11) is 0. The minimum atomic E-state index is -0.410. The van der Waals surface area contributed by atoms with E-state index < -0.39 is 5.50 Å². The van der Waals surface area contributed by atoms with Gasteiger partial charge in [-0.3, -0.25) is 0 Å². The van der Waals surface area contributed by atoms with Crippen LogP contribution in [0.5, 0.6) is 0 Å². The van der Waals surface area contributed by atoms with E-state index in [4.69, 9.17) is 16.3 Å². The summed E-state index contributed by atoms with van der Waals surface area (Å²) < 4.78 is 5.42. The molecule has 0 aromatic carbocycles. The van der Waals surface area contributed by atoms with Crippen molar-refractivity contribution in [2.45, 2.75) is 96.4 Å². The first kappa shape index (κ1) is 23.1. The second kappa shape index (κ2) is 15.1. The van der Waals surface area contributed by atoms with Crippen LogP contribution < -0.4 is 0 Å². The van der Waals surface area contributed by atoms with E-state index in [2.05, 4.69) is 13.8 Å². The van der Waals surface area contributed by atoms with E-state index in [1.165, 1.54) is 51.4 Å². The molecule has 0 amide bonds. The number of hydrogen-bond acceptors (Lipinski definition) is 3. The highest BCUT2D eigenvalue weighted by Gasteiger charge is 2.25. The van der Waals surface area contributed by atoms with E-state index in [0.29, 0.717) is 12.2 Å². The van der Waals surface area contributed by atoms with Crippen LogP contribution in [0.15, 0.2) is 23.9 Å². The number of allylic oxidation sites excluding steroid dienone is 2. The fourth-order valence-corrected chi connectivity index (χ4v) is 3.45. The highest BCUT2D eigenvalue weighted by Crippen LogP contribution is 2.22. The fraction of sp³-hybridized carbons (Fsp3) is 0.773. The topological polar surface area (TPSA) is 29.5 Å². The Morgan fingerprint density at radius 2 is 1.54 bits per heavy atom. The van der Waals surface area contributed by atoms with Gasteiger partial charge < -0.3 is 9.64 Å². The van der Waals surface area contributed by atoms with Crippen molar-refractivity contribution in [2.24, 2.45) is 0 Å². The molecule has 0 fully saturated rings. The van der Waals surface area contributed by atoms with Gasteiger partial charge in [-0.2, -0.15) is 0 Å². The first-order valence-electron chi connectivity index (χ1n) is 10.7. The van der Waals surface area contributed by atoms with Gasteiger partial charge in [0.1, 0.15) is 5.50 Å². The molecule has 0 radical (unpaired) electrons. The Balaban J connectivity index is 2.07. The minimum Gasteiger partial charge on any atom is -0.462 e. The lowest BCUT2D eigenvalue weighted by molar-refractivity contribution is -0.139. The van der Waals surface area contributed by atoms with E-state index in [9.17, 15) is 4.79 Å². The van der Waals surface area contributed by atoms with Gasteiger partial charge in [-0.05, 0) is 25.0 Å². The molecule has 0 saturated heterocycles. The zero-order valence-electron chi connectivity index (χ0n) is 16.9. The lowest BCUT2D eigenvalue weighted by Crippen LogP contribution is -2.34. The standard InChI is InChI=1S/C22H38ClNO2/c1-3-5-7-8-9-10-11-12-13-14-19-26-22(25)20-16-15-18-24(21(20)23)17-6-4-2/h15-16,18,21H,3-14,17,19H2,1-2H3. The quantitative estimate of drug-likeness (QED) is 0.138. The Morgan fingerprint density at radius 3 is 2.15 bits per heavy atom. The molecule has 1 atom stereocenters. The molecular formula is C22H38ClNO2. The molecule has 1 rings (SSSR count). The van der Waals surface area contributed by atoms with Gasteiger partial charge in [0, 0.05) is 12.7 Å². The van der Waals surface area contributed by atoms with Crippen molar-refractivity contribution in [3.05, 3.63) is 23.9 Å². The summed E-state index contributed by atoms with van der Waals surface area (Å²) in [6.07, 6.45) is 20.5. The van der Waals surface area contributed by atoms with Gasteiger partial charge in [0.15, 0.2) is 0 Å². The molecule has 4 heteroatoms. The Hall–Kier alpha value is -0.960. The molecule has 26 heavy (non-hydrogen) atoms. The van der Waals surface area contributed by atoms with Crippen LogP contribution >= 0.6 is 11.6 Å². The summed E-state index contributed by atoms with van der Waals surface area (Å²) >= 11 is 6.43. The summed E-state index contributed by atoms with van der Waals surface area (Å²) in [4.78, 5) is 14.3. The third-order valence-corrected chi connectivity index (χ3v) is 5.32. The number of rotatable bonds is 15. The molecule has 0 spiro atoms. The molecule has 1 unspecified atom stereocenters. The normalized spacial score (nSPS) is 16.7. The van der Waals surface area contributed by atoms with Gasteiger partial charge in [-0.1, -0.05) is 89.7 Å². The number of alkyl halides is 1. The van der Waals surface area contributed by atoms with Crippen LogP contribution in [0, 0.1) is 0 Å². The van der Waals surface area contributed by atoms with Gasteiger partial charge in [-0.15, -0.1) is 0 Å². The minimum absolute atomic E-state index is 0.272. The number of unbranched alkanes of at least 4 members (excludes halogenated alkanes) is 10. The van der Waals surface area contributed by atoms with Crippen LogP contribution in [0.25, 0.3) is 0 Å². The van der Waals surface area contributed by atoms with Crippen molar-refractivity contribution in [3.8, 4) is 0 Å². The Bertz CT molecular complexity index is 434. The molecule has 0 bridgehead atoms. The lowest BCUT2D eigenvalue weighted by Gasteiger charge is -2.29. The largest absolute Gasteiger partial charge is 0.462 e. The van der Waals surface area contributed by atoms with Crippen molar-refractivity contribution in [1.82, 2.24) is 4.90 Å². The average Bonchev–Trinajstić information content (AvgIpc) is 2.65. The first-order chi connectivity index (χ1) is 12.7. The maximum Gasteiger partial charge on any atom is 0.337 e. The van der Waals surface area contributed by atoms with Crippen molar-refractivity contribution in [3.63, 3.8) is 0 Å². The maximum absolute atomic E-state index is 12.3. The lowest BCUT2D eigenvalue weighted by atomic mass is 10.1. The van der Waals surface area contributed by atoms with Crippen molar-refractivity contribution in [2.75, 3.05) is 13.2 Å². The predicted octanol–water partition coefficient (Wildman–Crippen LogP) is 6.57. The molecule has 0 aromatic rings. The molecule has 0 aliphatic carbocycles. The van der Waals surface area contributed by atoms with Gasteiger partial charge in [0.2, 0.25) is 0 Å². The molecule has 1 aliphatic rings.